The maximum atomic E-state index is 11.8. The molecule has 7 heteroatoms. The first-order valence-corrected chi connectivity index (χ1v) is 8.32. The number of carbonyl (C=O) groups excluding carboxylic acids is 1. The highest BCUT2D eigenvalue weighted by atomic mass is 35.5. The molecule has 2 rings (SSSR count). The van der Waals surface area contributed by atoms with Crippen molar-refractivity contribution in [1.82, 2.24) is 0 Å². The predicted molar refractivity (Wildman–Crippen MR) is 77.5 cm³/mol. The van der Waals surface area contributed by atoms with Crippen LogP contribution in [0.4, 0.5) is 0 Å². The Hall–Kier alpha value is 0.0600. The summed E-state index contributed by atoms with van der Waals surface area (Å²) < 4.78 is 7.96. The summed E-state index contributed by atoms with van der Waals surface area (Å²) in [5, 5.41) is 0. The van der Waals surface area contributed by atoms with Gasteiger partial charge in [0.2, 0.25) is 0 Å². The summed E-state index contributed by atoms with van der Waals surface area (Å²) in [5.74, 6) is -0.380. The second-order valence-corrected chi connectivity index (χ2v) is 7.10. The maximum absolute atomic E-state index is 11.8. The molecular weight excluding hydrogens is 319 g/mol. The number of thiophene rings is 2. The standard InChI is InChI=1S/C10H8Cl2O2S3/c1-3-14-10(13)4-5-6(17-8(4)11)7(15-2)9(12)16-5/h3H2,1-2H3. The van der Waals surface area contributed by atoms with Crippen molar-refractivity contribution in [3.8, 4) is 0 Å². The minimum absolute atomic E-state index is 0.334. The third-order valence-corrected chi connectivity index (χ3v) is 6.23. The Labute approximate surface area is 121 Å². The molecule has 0 unspecified atom stereocenters. The molecule has 2 heterocycles. The highest BCUT2D eigenvalue weighted by molar-refractivity contribution is 7.99. The molecule has 0 aliphatic heterocycles. The van der Waals surface area contributed by atoms with Crippen LogP contribution in [0, 0.1) is 0 Å². The van der Waals surface area contributed by atoms with E-state index in [-0.39, 0.29) is 5.97 Å². The SMILES string of the molecule is CCOC(=O)c1c(Cl)sc2c(SC)c(Cl)sc12. The van der Waals surface area contributed by atoms with Crippen LogP contribution in [0.3, 0.4) is 0 Å². The first kappa shape index (κ1) is 13.5. The Morgan fingerprint density at radius 1 is 1.29 bits per heavy atom. The van der Waals surface area contributed by atoms with Gasteiger partial charge in [-0.15, -0.1) is 34.4 Å². The molecule has 0 bridgehead atoms. The van der Waals surface area contributed by atoms with Crippen LogP contribution in [-0.4, -0.2) is 18.8 Å². The van der Waals surface area contributed by atoms with Crippen molar-refractivity contribution in [2.75, 3.05) is 12.9 Å². The topological polar surface area (TPSA) is 26.3 Å². The fourth-order valence-electron chi connectivity index (χ4n) is 1.41. The number of hydrogen-bond donors (Lipinski definition) is 0. The first-order chi connectivity index (χ1) is 8.10. The van der Waals surface area contributed by atoms with Crippen LogP contribution in [0.5, 0.6) is 0 Å². The zero-order valence-corrected chi connectivity index (χ0v) is 13.0. The number of rotatable bonds is 3. The summed E-state index contributed by atoms with van der Waals surface area (Å²) in [5.41, 5.74) is 0.445. The molecule has 2 aromatic rings. The average Bonchev–Trinajstić information content (AvgIpc) is 2.71. The van der Waals surface area contributed by atoms with Gasteiger partial charge in [0.15, 0.2) is 0 Å². The lowest BCUT2D eigenvalue weighted by molar-refractivity contribution is 0.0529. The third-order valence-electron chi connectivity index (χ3n) is 2.08. The quantitative estimate of drug-likeness (QED) is 0.575. The second kappa shape index (κ2) is 5.36. The fraction of sp³-hybridized carbons (Fsp3) is 0.300. The molecule has 0 aromatic carbocycles. The van der Waals surface area contributed by atoms with Gasteiger partial charge < -0.3 is 4.74 Å². The number of fused-ring (bicyclic) bond motifs is 1. The van der Waals surface area contributed by atoms with Crippen molar-refractivity contribution in [2.45, 2.75) is 11.8 Å². The van der Waals surface area contributed by atoms with Crippen LogP contribution < -0.4 is 0 Å². The van der Waals surface area contributed by atoms with Crippen LogP contribution in [0.1, 0.15) is 17.3 Å². The molecule has 0 radical (unpaired) electrons. The van der Waals surface area contributed by atoms with Gasteiger partial charge in [0.25, 0.3) is 0 Å². The molecule has 0 spiro atoms. The van der Waals surface area contributed by atoms with Crippen molar-refractivity contribution >= 4 is 73.0 Å². The van der Waals surface area contributed by atoms with Crippen molar-refractivity contribution in [3.63, 3.8) is 0 Å². The fourth-order valence-corrected chi connectivity index (χ4v) is 5.84. The molecular formula is C10H8Cl2O2S3. The lowest BCUT2D eigenvalue weighted by Crippen LogP contribution is -2.03. The van der Waals surface area contributed by atoms with Crippen molar-refractivity contribution in [1.29, 1.82) is 0 Å². The maximum Gasteiger partial charge on any atom is 0.342 e. The number of esters is 1. The monoisotopic (exact) mass is 326 g/mol. The van der Waals surface area contributed by atoms with Gasteiger partial charge in [0.1, 0.15) is 14.2 Å². The van der Waals surface area contributed by atoms with E-state index in [1.807, 2.05) is 6.26 Å². The minimum Gasteiger partial charge on any atom is -0.462 e. The van der Waals surface area contributed by atoms with E-state index >= 15 is 0 Å². The summed E-state index contributed by atoms with van der Waals surface area (Å²) in [6, 6.07) is 0. The van der Waals surface area contributed by atoms with E-state index in [4.69, 9.17) is 27.9 Å². The van der Waals surface area contributed by atoms with Crippen LogP contribution in [0.2, 0.25) is 8.67 Å². The molecule has 0 aliphatic rings. The summed E-state index contributed by atoms with van der Waals surface area (Å²) in [7, 11) is 0. The highest BCUT2D eigenvalue weighted by Crippen LogP contribution is 2.48. The lowest BCUT2D eigenvalue weighted by Gasteiger charge is -1.99. The van der Waals surface area contributed by atoms with Gasteiger partial charge in [-0.3, -0.25) is 0 Å². The molecule has 2 nitrogen and oxygen atoms in total. The van der Waals surface area contributed by atoms with Gasteiger partial charge in [-0.25, -0.2) is 4.79 Å². The van der Waals surface area contributed by atoms with E-state index in [1.165, 1.54) is 22.7 Å². The normalized spacial score (nSPS) is 11.1. The molecule has 0 amide bonds. The third kappa shape index (κ3) is 2.31. The Bertz CT molecular complexity index is 574. The van der Waals surface area contributed by atoms with Gasteiger partial charge in [0, 0.05) is 0 Å². The van der Waals surface area contributed by atoms with Crippen LogP contribution >= 0.6 is 57.6 Å². The lowest BCUT2D eigenvalue weighted by atomic mass is 10.3. The molecule has 0 saturated carbocycles. The van der Waals surface area contributed by atoms with E-state index < -0.39 is 0 Å². The number of halogens is 2. The molecule has 0 fully saturated rings. The zero-order chi connectivity index (χ0) is 12.6. The van der Waals surface area contributed by atoms with Gasteiger partial charge in [-0.1, -0.05) is 23.2 Å². The van der Waals surface area contributed by atoms with Gasteiger partial charge >= 0.3 is 5.97 Å². The summed E-state index contributed by atoms with van der Waals surface area (Å²) in [6.45, 7) is 2.10. The summed E-state index contributed by atoms with van der Waals surface area (Å²) in [4.78, 5) is 12.8. The Balaban J connectivity index is 2.63. The van der Waals surface area contributed by atoms with Crippen LogP contribution in [0.25, 0.3) is 9.40 Å². The first-order valence-electron chi connectivity index (χ1n) is 4.71. The second-order valence-electron chi connectivity index (χ2n) is 3.04. The number of carbonyl (C=O) groups is 1. The Kier molecular flexibility index (Phi) is 4.26. The number of ether oxygens (including phenoxy) is 1. The number of hydrogen-bond acceptors (Lipinski definition) is 5. The van der Waals surface area contributed by atoms with Crippen LogP contribution in [-0.2, 0) is 4.74 Å². The van der Waals surface area contributed by atoms with Crippen molar-refractivity contribution in [2.24, 2.45) is 0 Å². The van der Waals surface area contributed by atoms with E-state index in [2.05, 4.69) is 0 Å². The van der Waals surface area contributed by atoms with E-state index in [1.54, 1.807) is 18.7 Å². The van der Waals surface area contributed by atoms with Crippen LogP contribution in [0.15, 0.2) is 4.90 Å². The molecule has 0 aliphatic carbocycles. The molecule has 92 valence electrons. The Morgan fingerprint density at radius 3 is 2.53 bits per heavy atom. The van der Waals surface area contributed by atoms with Crippen molar-refractivity contribution < 1.29 is 9.53 Å². The average molecular weight is 327 g/mol. The molecule has 0 N–H and O–H groups in total. The largest absolute Gasteiger partial charge is 0.462 e. The summed E-state index contributed by atoms with van der Waals surface area (Å²) >= 11 is 16.5. The van der Waals surface area contributed by atoms with Crippen molar-refractivity contribution in [3.05, 3.63) is 14.2 Å². The van der Waals surface area contributed by atoms with E-state index in [0.717, 1.165) is 14.3 Å². The molecule has 0 atom stereocenters. The number of thioether (sulfide) groups is 1. The predicted octanol–water partition coefficient (Wildman–Crippen LogP) is 5.17. The van der Waals surface area contributed by atoms with Gasteiger partial charge in [-0.05, 0) is 13.2 Å². The smallest absolute Gasteiger partial charge is 0.342 e. The zero-order valence-electron chi connectivity index (χ0n) is 9.00. The highest BCUT2D eigenvalue weighted by Gasteiger charge is 2.24. The van der Waals surface area contributed by atoms with Gasteiger partial charge in [0.05, 0.1) is 20.9 Å². The van der Waals surface area contributed by atoms with Gasteiger partial charge in [-0.2, -0.15) is 0 Å². The summed E-state index contributed by atoms with van der Waals surface area (Å²) in [6.07, 6.45) is 1.95. The molecule has 17 heavy (non-hydrogen) atoms. The Morgan fingerprint density at radius 2 is 1.94 bits per heavy atom. The molecule has 0 saturated heterocycles. The van der Waals surface area contributed by atoms with E-state index in [0.29, 0.717) is 20.8 Å². The minimum atomic E-state index is -0.380. The van der Waals surface area contributed by atoms with E-state index in [9.17, 15) is 4.79 Å². The molecule has 2 aromatic heterocycles.